The molecule has 2 aliphatic rings. The molecule has 6 heteroatoms. The Balaban J connectivity index is 1.71. The minimum Gasteiger partial charge on any atom is -0.381 e. The topological polar surface area (TPSA) is 61.2 Å². The molecule has 0 amide bonds. The fourth-order valence-corrected chi connectivity index (χ4v) is 3.24. The first-order chi connectivity index (χ1) is 9.83. The largest absolute Gasteiger partial charge is 0.381 e. The highest BCUT2D eigenvalue weighted by Crippen LogP contribution is 2.39. The highest BCUT2D eigenvalue weighted by atomic mass is 16.5. The van der Waals surface area contributed by atoms with Gasteiger partial charge < -0.3 is 14.8 Å². The Kier molecular flexibility index (Phi) is 4.33. The molecule has 2 saturated heterocycles. The zero-order valence-corrected chi connectivity index (χ0v) is 12.2. The normalized spacial score (nSPS) is 25.9. The molecule has 1 spiro atoms. The van der Waals surface area contributed by atoms with Gasteiger partial charge in [-0.2, -0.15) is 5.10 Å². The third kappa shape index (κ3) is 2.87. The van der Waals surface area contributed by atoms with Crippen LogP contribution in [0.25, 0.3) is 0 Å². The van der Waals surface area contributed by atoms with E-state index < -0.39 is 0 Å². The van der Waals surface area contributed by atoms with Crippen LogP contribution in [0.5, 0.6) is 0 Å². The van der Waals surface area contributed by atoms with Gasteiger partial charge in [0.05, 0.1) is 18.2 Å². The predicted molar refractivity (Wildman–Crippen MR) is 74.4 cm³/mol. The minimum absolute atomic E-state index is 0.00255. The summed E-state index contributed by atoms with van der Waals surface area (Å²) in [5.41, 5.74) is 0.00255. The maximum atomic E-state index is 6.10. The summed E-state index contributed by atoms with van der Waals surface area (Å²) in [5, 5.41) is 7.78. The molecule has 20 heavy (non-hydrogen) atoms. The number of nitrogens with one attached hydrogen (secondary N) is 1. The lowest BCUT2D eigenvalue weighted by molar-refractivity contribution is -0.145. The maximum absolute atomic E-state index is 6.10. The quantitative estimate of drug-likeness (QED) is 0.900. The van der Waals surface area contributed by atoms with Gasteiger partial charge in [0.2, 0.25) is 0 Å². The van der Waals surface area contributed by atoms with Crippen LogP contribution in [0.15, 0.2) is 6.33 Å². The Morgan fingerprint density at radius 2 is 2.25 bits per heavy atom. The second-order valence-electron chi connectivity index (χ2n) is 5.69. The van der Waals surface area contributed by atoms with Gasteiger partial charge in [-0.3, -0.25) is 0 Å². The molecule has 0 radical (unpaired) electrons. The van der Waals surface area contributed by atoms with Crippen LogP contribution >= 0.6 is 0 Å². The van der Waals surface area contributed by atoms with Crippen molar-refractivity contribution in [2.75, 3.05) is 26.4 Å². The lowest BCUT2D eigenvalue weighted by atomic mass is 9.84. The van der Waals surface area contributed by atoms with Gasteiger partial charge in [-0.15, -0.1) is 0 Å². The highest BCUT2D eigenvalue weighted by Gasteiger charge is 2.40. The molecule has 3 heterocycles. The first-order valence-electron chi connectivity index (χ1n) is 7.64. The van der Waals surface area contributed by atoms with Gasteiger partial charge in [0.25, 0.3) is 0 Å². The summed E-state index contributed by atoms with van der Waals surface area (Å²) in [4.78, 5) is 4.39. The molecule has 2 aliphatic heterocycles. The van der Waals surface area contributed by atoms with Crippen molar-refractivity contribution < 1.29 is 9.47 Å². The minimum atomic E-state index is 0.00255. The summed E-state index contributed by atoms with van der Waals surface area (Å²) in [6.07, 6.45) is 5.71. The van der Waals surface area contributed by atoms with Crippen molar-refractivity contribution in [2.24, 2.45) is 0 Å². The standard InChI is InChI=1S/C14H24N4O2/c1-2-15-10-13-16-11-17-18(13)12-3-6-20-14(9-12)4-7-19-8-5-14/h11-12,15H,2-10H2,1H3. The number of nitrogens with zero attached hydrogens (tertiary/aromatic N) is 3. The van der Waals surface area contributed by atoms with Crippen molar-refractivity contribution in [1.82, 2.24) is 20.1 Å². The summed E-state index contributed by atoms with van der Waals surface area (Å²) in [6, 6.07) is 0.401. The van der Waals surface area contributed by atoms with Crippen molar-refractivity contribution in [3.05, 3.63) is 12.2 Å². The van der Waals surface area contributed by atoms with Gasteiger partial charge in [0.15, 0.2) is 0 Å². The van der Waals surface area contributed by atoms with Gasteiger partial charge >= 0.3 is 0 Å². The lowest BCUT2D eigenvalue weighted by Crippen LogP contribution is -2.45. The Morgan fingerprint density at radius 3 is 3.05 bits per heavy atom. The van der Waals surface area contributed by atoms with E-state index in [4.69, 9.17) is 9.47 Å². The van der Waals surface area contributed by atoms with E-state index in [0.29, 0.717) is 6.04 Å². The molecule has 3 rings (SSSR count). The molecular weight excluding hydrogens is 256 g/mol. The van der Waals surface area contributed by atoms with Gasteiger partial charge in [0, 0.05) is 19.8 Å². The van der Waals surface area contributed by atoms with Crippen molar-refractivity contribution in [2.45, 2.75) is 50.8 Å². The second-order valence-corrected chi connectivity index (χ2v) is 5.69. The summed E-state index contributed by atoms with van der Waals surface area (Å²) in [5.74, 6) is 1.03. The van der Waals surface area contributed by atoms with Crippen LogP contribution in [-0.2, 0) is 16.0 Å². The van der Waals surface area contributed by atoms with Gasteiger partial charge in [0.1, 0.15) is 12.2 Å². The van der Waals surface area contributed by atoms with E-state index in [1.807, 2.05) is 0 Å². The van der Waals surface area contributed by atoms with Gasteiger partial charge in [-0.1, -0.05) is 6.92 Å². The molecule has 2 fully saturated rings. The first kappa shape index (κ1) is 14.0. The zero-order valence-electron chi connectivity index (χ0n) is 12.2. The van der Waals surface area contributed by atoms with Crippen LogP contribution in [0.4, 0.5) is 0 Å². The highest BCUT2D eigenvalue weighted by molar-refractivity contribution is 4.95. The molecule has 0 bridgehead atoms. The summed E-state index contributed by atoms with van der Waals surface area (Å²) < 4.78 is 13.7. The van der Waals surface area contributed by atoms with Crippen molar-refractivity contribution in [3.63, 3.8) is 0 Å². The fourth-order valence-electron chi connectivity index (χ4n) is 3.24. The molecule has 1 aromatic heterocycles. The zero-order chi connectivity index (χ0) is 13.8. The van der Waals surface area contributed by atoms with Crippen LogP contribution in [-0.4, -0.2) is 46.7 Å². The Morgan fingerprint density at radius 1 is 1.40 bits per heavy atom. The van der Waals surface area contributed by atoms with Crippen LogP contribution in [0.1, 0.15) is 44.5 Å². The van der Waals surface area contributed by atoms with E-state index in [-0.39, 0.29) is 5.60 Å². The SMILES string of the molecule is CCNCc1ncnn1C1CCOC2(CCOCC2)C1. The van der Waals surface area contributed by atoms with E-state index in [9.17, 15) is 0 Å². The smallest absolute Gasteiger partial charge is 0.141 e. The Labute approximate surface area is 119 Å². The molecule has 112 valence electrons. The molecular formula is C14H24N4O2. The molecule has 0 saturated carbocycles. The average molecular weight is 280 g/mol. The Bertz CT molecular complexity index is 423. The van der Waals surface area contributed by atoms with Crippen LogP contribution < -0.4 is 5.32 Å². The summed E-state index contributed by atoms with van der Waals surface area (Å²) >= 11 is 0. The van der Waals surface area contributed by atoms with Gasteiger partial charge in [-0.25, -0.2) is 9.67 Å². The van der Waals surface area contributed by atoms with Crippen LogP contribution in [0.2, 0.25) is 0 Å². The van der Waals surface area contributed by atoms with Crippen molar-refractivity contribution in [1.29, 1.82) is 0 Å². The number of hydrogen-bond donors (Lipinski definition) is 1. The maximum Gasteiger partial charge on any atom is 0.141 e. The number of rotatable bonds is 4. The van der Waals surface area contributed by atoms with Crippen molar-refractivity contribution >= 4 is 0 Å². The lowest BCUT2D eigenvalue weighted by Gasteiger charge is -2.43. The van der Waals surface area contributed by atoms with E-state index in [0.717, 1.165) is 64.4 Å². The predicted octanol–water partition coefficient (Wildman–Crippen LogP) is 1.29. The van der Waals surface area contributed by atoms with E-state index >= 15 is 0 Å². The third-order valence-corrected chi connectivity index (χ3v) is 4.40. The average Bonchev–Trinajstić information content (AvgIpc) is 2.94. The monoisotopic (exact) mass is 280 g/mol. The van der Waals surface area contributed by atoms with Crippen LogP contribution in [0.3, 0.4) is 0 Å². The molecule has 1 unspecified atom stereocenters. The number of hydrogen-bond acceptors (Lipinski definition) is 5. The molecule has 6 nitrogen and oxygen atoms in total. The van der Waals surface area contributed by atoms with Crippen molar-refractivity contribution in [3.8, 4) is 0 Å². The molecule has 0 aromatic carbocycles. The van der Waals surface area contributed by atoms with Crippen LogP contribution in [0, 0.1) is 0 Å². The second kappa shape index (κ2) is 6.20. The fraction of sp³-hybridized carbons (Fsp3) is 0.857. The van der Waals surface area contributed by atoms with Gasteiger partial charge in [-0.05, 0) is 32.2 Å². The van der Waals surface area contributed by atoms with E-state index in [1.165, 1.54) is 0 Å². The third-order valence-electron chi connectivity index (χ3n) is 4.40. The number of aromatic nitrogens is 3. The Hall–Kier alpha value is -0.980. The summed E-state index contributed by atoms with van der Waals surface area (Å²) in [6.45, 7) is 6.27. The molecule has 1 aromatic rings. The van der Waals surface area contributed by atoms with E-state index in [1.54, 1.807) is 6.33 Å². The summed E-state index contributed by atoms with van der Waals surface area (Å²) in [7, 11) is 0. The molecule has 1 atom stereocenters. The first-order valence-corrected chi connectivity index (χ1v) is 7.64. The molecule has 0 aliphatic carbocycles. The molecule has 1 N–H and O–H groups in total. The van der Waals surface area contributed by atoms with E-state index in [2.05, 4.69) is 27.0 Å². The number of ether oxygens (including phenoxy) is 2.